The lowest BCUT2D eigenvalue weighted by molar-refractivity contribution is -0.118. The number of ketones is 1. The van der Waals surface area contributed by atoms with E-state index < -0.39 is 0 Å². The molecule has 0 saturated heterocycles. The summed E-state index contributed by atoms with van der Waals surface area (Å²) < 4.78 is 0. The number of halogens is 1. The molecular formula is C13H17ClO. The third-order valence-corrected chi connectivity index (χ3v) is 2.84. The van der Waals surface area contributed by atoms with Gasteiger partial charge in [-0.3, -0.25) is 4.79 Å². The molecule has 0 fully saturated rings. The molecule has 15 heavy (non-hydrogen) atoms. The van der Waals surface area contributed by atoms with E-state index in [-0.39, 0.29) is 17.6 Å². The van der Waals surface area contributed by atoms with Crippen LogP contribution in [-0.4, -0.2) is 11.7 Å². The fourth-order valence-electron chi connectivity index (χ4n) is 1.69. The zero-order chi connectivity index (χ0) is 11.3. The Morgan fingerprint density at radius 2 is 1.93 bits per heavy atom. The van der Waals surface area contributed by atoms with Gasteiger partial charge in [-0.15, -0.1) is 11.6 Å². The molecule has 0 aromatic heterocycles. The van der Waals surface area contributed by atoms with Gasteiger partial charge in [-0.05, 0) is 18.9 Å². The third-order valence-electron chi connectivity index (χ3n) is 2.58. The molecular weight excluding hydrogens is 208 g/mol. The molecule has 82 valence electrons. The summed E-state index contributed by atoms with van der Waals surface area (Å²) in [4.78, 5) is 11.7. The van der Waals surface area contributed by atoms with Crippen molar-refractivity contribution in [2.45, 2.75) is 32.6 Å². The van der Waals surface area contributed by atoms with Gasteiger partial charge in [0.25, 0.3) is 0 Å². The first kappa shape index (κ1) is 12.3. The van der Waals surface area contributed by atoms with E-state index in [2.05, 4.69) is 6.92 Å². The molecule has 0 spiro atoms. The molecule has 1 unspecified atom stereocenters. The van der Waals surface area contributed by atoms with E-state index in [9.17, 15) is 4.79 Å². The maximum absolute atomic E-state index is 11.7. The highest BCUT2D eigenvalue weighted by molar-refractivity contribution is 6.28. The summed E-state index contributed by atoms with van der Waals surface area (Å²) >= 11 is 5.61. The second-order valence-electron chi connectivity index (χ2n) is 3.85. The summed E-state index contributed by atoms with van der Waals surface area (Å²) in [5.41, 5.74) is 2.31. The van der Waals surface area contributed by atoms with Gasteiger partial charge < -0.3 is 0 Å². The molecule has 1 aromatic rings. The van der Waals surface area contributed by atoms with Gasteiger partial charge in [0.2, 0.25) is 0 Å². The number of carbonyl (C=O) groups is 1. The highest BCUT2D eigenvalue weighted by atomic mass is 35.5. The van der Waals surface area contributed by atoms with Crippen molar-refractivity contribution < 1.29 is 4.79 Å². The van der Waals surface area contributed by atoms with Crippen LogP contribution in [0.25, 0.3) is 0 Å². The van der Waals surface area contributed by atoms with Gasteiger partial charge in [-0.2, -0.15) is 0 Å². The zero-order valence-electron chi connectivity index (χ0n) is 9.29. The fourth-order valence-corrected chi connectivity index (χ4v) is 1.88. The van der Waals surface area contributed by atoms with Gasteiger partial charge in [0.15, 0.2) is 5.78 Å². The standard InChI is InChI=1S/C13H17ClO/c1-3-4-12(13(15)9-14)11-7-5-10(2)6-8-11/h5-8,12H,3-4,9H2,1-2H3. The highest BCUT2D eigenvalue weighted by Crippen LogP contribution is 2.23. The summed E-state index contributed by atoms with van der Waals surface area (Å²) in [5, 5.41) is 0. The monoisotopic (exact) mass is 224 g/mol. The number of carbonyl (C=O) groups excluding carboxylic acids is 1. The zero-order valence-corrected chi connectivity index (χ0v) is 10.1. The number of rotatable bonds is 5. The minimum Gasteiger partial charge on any atom is -0.298 e. The van der Waals surface area contributed by atoms with Crippen LogP contribution in [-0.2, 0) is 4.79 Å². The Morgan fingerprint density at radius 3 is 2.40 bits per heavy atom. The van der Waals surface area contributed by atoms with Gasteiger partial charge in [0.1, 0.15) is 0 Å². The highest BCUT2D eigenvalue weighted by Gasteiger charge is 2.18. The fraction of sp³-hybridized carbons (Fsp3) is 0.462. The number of alkyl halides is 1. The smallest absolute Gasteiger partial charge is 0.155 e. The largest absolute Gasteiger partial charge is 0.298 e. The van der Waals surface area contributed by atoms with E-state index in [0.29, 0.717) is 0 Å². The van der Waals surface area contributed by atoms with E-state index in [1.54, 1.807) is 0 Å². The SMILES string of the molecule is CCCC(C(=O)CCl)c1ccc(C)cc1. The van der Waals surface area contributed by atoms with E-state index in [0.717, 1.165) is 18.4 Å². The topological polar surface area (TPSA) is 17.1 Å². The molecule has 0 aliphatic carbocycles. The first-order valence-corrected chi connectivity index (χ1v) is 5.87. The van der Waals surface area contributed by atoms with E-state index >= 15 is 0 Å². The second kappa shape index (κ2) is 5.92. The van der Waals surface area contributed by atoms with Gasteiger partial charge >= 0.3 is 0 Å². The van der Waals surface area contributed by atoms with Crippen LogP contribution in [0, 0.1) is 6.92 Å². The summed E-state index contributed by atoms with van der Waals surface area (Å²) in [6, 6.07) is 8.14. The lowest BCUT2D eigenvalue weighted by atomic mass is 9.91. The first-order valence-electron chi connectivity index (χ1n) is 5.34. The number of Topliss-reactive ketones (excluding diaryl/α,β-unsaturated/α-hetero) is 1. The Kier molecular flexibility index (Phi) is 4.83. The van der Waals surface area contributed by atoms with Crippen LogP contribution in [0.4, 0.5) is 0 Å². The maximum Gasteiger partial charge on any atom is 0.155 e. The Balaban J connectivity index is 2.88. The summed E-state index contributed by atoms with van der Waals surface area (Å²) in [7, 11) is 0. The average molecular weight is 225 g/mol. The normalized spacial score (nSPS) is 12.5. The molecule has 2 heteroatoms. The van der Waals surface area contributed by atoms with Crippen LogP contribution < -0.4 is 0 Å². The molecule has 1 rings (SSSR count). The Hall–Kier alpha value is -0.820. The van der Waals surface area contributed by atoms with Gasteiger partial charge in [0, 0.05) is 5.92 Å². The molecule has 0 N–H and O–H groups in total. The van der Waals surface area contributed by atoms with Crippen molar-refractivity contribution >= 4 is 17.4 Å². The van der Waals surface area contributed by atoms with E-state index in [4.69, 9.17) is 11.6 Å². The maximum atomic E-state index is 11.7. The minimum atomic E-state index is -0.0203. The first-order chi connectivity index (χ1) is 7.19. The van der Waals surface area contributed by atoms with Gasteiger partial charge in [-0.25, -0.2) is 0 Å². The molecule has 0 aliphatic rings. The molecule has 1 aromatic carbocycles. The Labute approximate surface area is 96.5 Å². The summed E-state index contributed by atoms with van der Waals surface area (Å²) in [6.07, 6.45) is 1.88. The molecule has 0 radical (unpaired) electrons. The number of hydrogen-bond donors (Lipinski definition) is 0. The number of hydrogen-bond acceptors (Lipinski definition) is 1. The van der Waals surface area contributed by atoms with Crippen LogP contribution >= 0.6 is 11.6 Å². The molecule has 0 bridgehead atoms. The molecule has 0 aliphatic heterocycles. The molecule has 0 heterocycles. The van der Waals surface area contributed by atoms with Crippen LogP contribution in [0.2, 0.25) is 0 Å². The van der Waals surface area contributed by atoms with Crippen LogP contribution in [0.1, 0.15) is 36.8 Å². The molecule has 1 nitrogen and oxygen atoms in total. The lowest BCUT2D eigenvalue weighted by Crippen LogP contribution is -2.13. The third kappa shape index (κ3) is 3.35. The van der Waals surface area contributed by atoms with E-state index in [1.165, 1.54) is 5.56 Å². The second-order valence-corrected chi connectivity index (χ2v) is 4.12. The van der Waals surface area contributed by atoms with Crippen molar-refractivity contribution in [3.63, 3.8) is 0 Å². The van der Waals surface area contributed by atoms with Crippen LogP contribution in [0.3, 0.4) is 0 Å². The van der Waals surface area contributed by atoms with Crippen molar-refractivity contribution in [2.75, 3.05) is 5.88 Å². The average Bonchev–Trinajstić information content (AvgIpc) is 2.26. The van der Waals surface area contributed by atoms with Crippen molar-refractivity contribution in [1.82, 2.24) is 0 Å². The quantitative estimate of drug-likeness (QED) is 0.698. The number of aryl methyl sites for hydroxylation is 1. The summed E-state index contributed by atoms with van der Waals surface area (Å²) in [5.74, 6) is 0.217. The minimum absolute atomic E-state index is 0.0203. The van der Waals surface area contributed by atoms with Crippen molar-refractivity contribution in [2.24, 2.45) is 0 Å². The Bertz CT molecular complexity index is 316. The molecule has 1 atom stereocenters. The van der Waals surface area contributed by atoms with Gasteiger partial charge in [-0.1, -0.05) is 43.2 Å². The van der Waals surface area contributed by atoms with Crippen LogP contribution in [0.15, 0.2) is 24.3 Å². The van der Waals surface area contributed by atoms with Crippen LogP contribution in [0.5, 0.6) is 0 Å². The van der Waals surface area contributed by atoms with Crippen molar-refractivity contribution in [3.8, 4) is 0 Å². The van der Waals surface area contributed by atoms with Gasteiger partial charge in [0.05, 0.1) is 5.88 Å². The van der Waals surface area contributed by atoms with Crippen molar-refractivity contribution in [1.29, 1.82) is 0 Å². The molecule has 0 amide bonds. The number of benzene rings is 1. The van der Waals surface area contributed by atoms with Crippen molar-refractivity contribution in [3.05, 3.63) is 35.4 Å². The molecule has 0 saturated carbocycles. The predicted octanol–water partition coefficient (Wildman–Crippen LogP) is 3.69. The Morgan fingerprint density at radius 1 is 1.33 bits per heavy atom. The lowest BCUT2D eigenvalue weighted by Gasteiger charge is -2.14. The summed E-state index contributed by atoms with van der Waals surface area (Å²) in [6.45, 7) is 4.13. The van der Waals surface area contributed by atoms with E-state index in [1.807, 2.05) is 31.2 Å². The predicted molar refractivity (Wildman–Crippen MR) is 64.6 cm³/mol.